The number of nitrogens with zero attached hydrogens (tertiary/aromatic N) is 6. The number of rotatable bonds is 22. The molecule has 120 heavy (non-hydrogen) atoms. The molecule has 38 heteroatoms. The third-order valence-corrected chi connectivity index (χ3v) is 21.7. The summed E-state index contributed by atoms with van der Waals surface area (Å²) in [5.41, 5.74) is 11.8. The molecule has 3 aliphatic heterocycles. The van der Waals surface area contributed by atoms with Crippen molar-refractivity contribution < 1.29 is 62.9 Å². The molecule has 13 aromatic rings. The molecule has 0 unspecified atom stereocenters. The summed E-state index contributed by atoms with van der Waals surface area (Å²) in [6, 6.07) is 48.8. The maximum absolute atomic E-state index is 12.7. The SMILES string of the molecule is CC[C@H](N)c1ccc2c(c1)OCO2.CC[C@H](NC(=O)Nc1cccn(Cc2cccs2)c1=O)c1ccc2c(c1)OCO2.Nc1cccn(Cc2cccs2)c1=O.O=C(O)C[C@H](NC(=O)Nc1cccn(Cc2cccs2)c1=O)c1ccc2c(c1)OCO2.O=c1[nH]cccc1[N+](=O)[O-].O=c1c([N+](=O)[O-])cccn1Cc1cccs1.OCc1cccs1. The number of nitrogen functional groups attached to an aromatic ring is 1. The Morgan fingerprint density at radius 2 is 0.842 bits per heavy atom. The molecular formula is C82H81N13O20S5. The fraction of sp³-hybridized carbons (Fsp3) is 0.195. The number of carboxylic acids is 1. The number of urea groups is 2. The van der Waals surface area contributed by atoms with Crippen molar-refractivity contribution in [2.24, 2.45) is 5.73 Å². The van der Waals surface area contributed by atoms with E-state index < -0.39 is 50.7 Å². The second-order valence-corrected chi connectivity index (χ2v) is 30.7. The second-order valence-electron chi connectivity index (χ2n) is 25.5. The average Bonchev–Trinajstić information content (AvgIpc) is 1.49. The molecule has 0 aliphatic carbocycles. The first kappa shape index (κ1) is 88.6. The summed E-state index contributed by atoms with van der Waals surface area (Å²) < 4.78 is 37.8. The molecule has 0 bridgehead atoms. The van der Waals surface area contributed by atoms with Crippen molar-refractivity contribution in [3.05, 3.63) is 347 Å². The van der Waals surface area contributed by atoms with Crippen molar-refractivity contribution >= 4 is 103 Å². The van der Waals surface area contributed by atoms with Crippen molar-refractivity contribution in [2.75, 3.05) is 36.7 Å². The van der Waals surface area contributed by atoms with Gasteiger partial charge in [0, 0.05) is 73.5 Å². The maximum Gasteiger partial charge on any atom is 0.334 e. The largest absolute Gasteiger partial charge is 0.481 e. The van der Waals surface area contributed by atoms with Gasteiger partial charge in [0.25, 0.3) is 16.7 Å². The number of nitrogens with two attached hydrogens (primary N) is 2. The van der Waals surface area contributed by atoms with Crippen molar-refractivity contribution in [1.82, 2.24) is 33.9 Å². The number of amides is 4. The lowest BCUT2D eigenvalue weighted by molar-refractivity contribution is -0.386. The van der Waals surface area contributed by atoms with Crippen LogP contribution in [0.25, 0.3) is 0 Å². The van der Waals surface area contributed by atoms with Crippen molar-refractivity contribution in [1.29, 1.82) is 0 Å². The lowest BCUT2D eigenvalue weighted by atomic mass is 10.0. The van der Waals surface area contributed by atoms with Crippen molar-refractivity contribution in [3.8, 4) is 34.5 Å². The van der Waals surface area contributed by atoms with E-state index in [9.17, 15) is 63.7 Å². The number of thiophene rings is 5. The highest BCUT2D eigenvalue weighted by Crippen LogP contribution is 2.37. The highest BCUT2D eigenvalue weighted by molar-refractivity contribution is 7.11. The molecule has 13 heterocycles. The minimum Gasteiger partial charge on any atom is -0.481 e. The number of carboxylic acid groups (broad SMARTS) is 1. The summed E-state index contributed by atoms with van der Waals surface area (Å²) in [5.74, 6) is 2.94. The minimum absolute atomic E-state index is 0.0854. The van der Waals surface area contributed by atoms with Crippen molar-refractivity contribution in [2.45, 2.75) is 84.0 Å². The Kier molecular flexibility index (Phi) is 32.9. The summed E-state index contributed by atoms with van der Waals surface area (Å²) in [7, 11) is 0. The van der Waals surface area contributed by atoms with Gasteiger partial charge in [0.1, 0.15) is 11.4 Å². The molecule has 624 valence electrons. The van der Waals surface area contributed by atoms with Gasteiger partial charge >= 0.3 is 40.5 Å². The Bertz CT molecular complexity index is 5860. The Morgan fingerprint density at radius 3 is 1.23 bits per heavy atom. The van der Waals surface area contributed by atoms with Crippen LogP contribution in [0.15, 0.2) is 258 Å². The quantitative estimate of drug-likeness (QED) is 0.0225. The lowest BCUT2D eigenvalue weighted by Crippen LogP contribution is -2.36. The first-order valence-corrected chi connectivity index (χ1v) is 41.0. The number of fused-ring (bicyclic) bond motifs is 3. The zero-order valence-electron chi connectivity index (χ0n) is 64.1. The van der Waals surface area contributed by atoms with E-state index in [1.165, 1.54) is 62.3 Å². The number of pyridine rings is 5. The molecule has 11 N–H and O–H groups in total. The number of ether oxygens (including phenoxy) is 6. The van der Waals surface area contributed by atoms with Crippen LogP contribution in [0.3, 0.4) is 0 Å². The fourth-order valence-corrected chi connectivity index (χ4v) is 14.7. The monoisotopic (exact) mass is 1730 g/mol. The summed E-state index contributed by atoms with van der Waals surface area (Å²) >= 11 is 7.83. The number of carbonyl (C=O) groups is 3. The zero-order chi connectivity index (χ0) is 85.5. The predicted octanol–water partition coefficient (Wildman–Crippen LogP) is 13.7. The molecule has 3 aliphatic rings. The van der Waals surface area contributed by atoms with Crippen LogP contribution in [0, 0.1) is 20.2 Å². The topological polar surface area (TPSA) is 454 Å². The fourth-order valence-electron chi connectivity index (χ4n) is 11.3. The number of aliphatic hydroxyl groups is 1. The molecule has 33 nitrogen and oxygen atoms in total. The molecule has 0 fully saturated rings. The van der Waals surface area contributed by atoms with Gasteiger partial charge in [-0.3, -0.25) is 49.0 Å². The number of aromatic amines is 1. The second kappa shape index (κ2) is 44.5. The molecule has 0 saturated heterocycles. The maximum atomic E-state index is 12.7. The minimum atomic E-state index is -1.08. The number of nitrogens with one attached hydrogen (secondary N) is 5. The van der Waals surface area contributed by atoms with Crippen LogP contribution in [0.1, 0.15) is 92.3 Å². The van der Waals surface area contributed by atoms with Crippen LogP contribution in [0.4, 0.5) is 38.0 Å². The normalized spacial score (nSPS) is 12.1. The number of nitro groups is 2. The van der Waals surface area contributed by atoms with E-state index >= 15 is 0 Å². The van der Waals surface area contributed by atoms with E-state index in [0.29, 0.717) is 73.6 Å². The molecule has 0 spiro atoms. The average molecular weight is 1730 g/mol. The van der Waals surface area contributed by atoms with E-state index in [2.05, 4.69) is 33.2 Å². The molecule has 0 radical (unpaired) electrons. The third-order valence-electron chi connectivity index (χ3n) is 17.4. The molecule has 16 rings (SSSR count). The van der Waals surface area contributed by atoms with Crippen LogP contribution in [0.2, 0.25) is 0 Å². The van der Waals surface area contributed by atoms with Gasteiger partial charge in [-0.05, 0) is 172 Å². The number of hydrogen-bond donors (Lipinski definition) is 9. The van der Waals surface area contributed by atoms with Crippen LogP contribution >= 0.6 is 56.7 Å². The molecular weight excluding hydrogens is 1650 g/mol. The number of hydrogen-bond acceptors (Lipinski definition) is 26. The van der Waals surface area contributed by atoms with Crippen LogP contribution in [0.5, 0.6) is 34.5 Å². The first-order valence-electron chi connectivity index (χ1n) is 36.6. The molecule has 10 aromatic heterocycles. The highest BCUT2D eigenvalue weighted by atomic mass is 32.1. The molecule has 3 aromatic carbocycles. The van der Waals surface area contributed by atoms with Gasteiger partial charge in [0.2, 0.25) is 20.4 Å². The Labute approximate surface area is 703 Å². The number of aliphatic carboxylic acids is 1. The molecule has 0 saturated carbocycles. The van der Waals surface area contributed by atoms with E-state index in [-0.39, 0.29) is 72.4 Å². The Morgan fingerprint density at radius 1 is 0.467 bits per heavy atom. The van der Waals surface area contributed by atoms with Gasteiger partial charge in [-0.15, -0.1) is 56.7 Å². The number of aliphatic hydroxyl groups excluding tert-OH is 1. The van der Waals surface area contributed by atoms with Crippen LogP contribution < -0.4 is 89.0 Å². The van der Waals surface area contributed by atoms with E-state index in [0.717, 1.165) is 59.5 Å². The number of aromatic nitrogens is 5. The van der Waals surface area contributed by atoms with Crippen molar-refractivity contribution in [3.63, 3.8) is 0 Å². The highest BCUT2D eigenvalue weighted by Gasteiger charge is 2.25. The van der Waals surface area contributed by atoms with Gasteiger partial charge in [0.05, 0.1) is 66.8 Å². The lowest BCUT2D eigenvalue weighted by Gasteiger charge is -2.18. The molecule has 4 amide bonds. The smallest absolute Gasteiger partial charge is 0.334 e. The first-order chi connectivity index (χ1) is 58.0. The van der Waals surface area contributed by atoms with Crippen LogP contribution in [-0.4, -0.2) is 81.7 Å². The van der Waals surface area contributed by atoms with E-state index in [1.54, 1.807) is 116 Å². The summed E-state index contributed by atoms with van der Waals surface area (Å²) in [6.07, 6.45) is 9.27. The Hall–Kier alpha value is -13.8. The Balaban J connectivity index is 0.000000155. The predicted molar refractivity (Wildman–Crippen MR) is 459 cm³/mol. The zero-order valence-corrected chi connectivity index (χ0v) is 68.2. The standard InChI is InChI=1S/C21H19N3O6S.C21H21N3O4S.C10H8N2O3S.C10H10N2OS.C10H13NO2.C5H4N2O3.C5H6OS/c25-19(26)10-16(13-5-6-17-18(9-13)30-12-29-17)23-21(28)22-15-4-1-7-24(20(15)27)11-14-3-2-8-31-14;1-2-16(14-7-8-18-19(11-14)28-13-27-18)22-21(26)23-17-6-3-9-24(20(17)25)12-15-5-4-10-29-15;13-10-9(12(14)15)4-1-5-11(10)7-8-3-2-6-16-8;11-9-4-1-5-12(10(9)13)7-8-3-2-6-14-8;1-2-8(11)7-3-4-9-10(5-7)13-6-12-9;8-5-4(7(9)10)2-1-3-6-5;6-4-5-2-1-3-7-5/h1-9,16H,10-12H2,(H,25,26)(H2,22,23,28);3-11,16H,2,12-13H2,1H3,(H2,22,23,26);1-6H,7H2;1-6H,7,11H2;3-5,8H,2,6,11H2,1H3;1-3H,(H,6,8);1-3,6H,4H2/t2*16-;;;8-;;/m00..0../s1. The third kappa shape index (κ3) is 25.9. The van der Waals surface area contributed by atoms with Crippen LogP contribution in [-0.2, 0) is 37.6 Å². The summed E-state index contributed by atoms with van der Waals surface area (Å²) in [5, 5.41) is 58.8. The summed E-state index contributed by atoms with van der Waals surface area (Å²) in [6.45, 7) is 6.67. The van der Waals surface area contributed by atoms with Gasteiger partial charge in [-0.2, -0.15) is 0 Å². The van der Waals surface area contributed by atoms with E-state index in [4.69, 9.17) is 45.0 Å². The number of H-pyrrole nitrogens is 1. The number of anilines is 3. The van der Waals surface area contributed by atoms with Gasteiger partial charge < -0.3 is 94.6 Å². The number of benzene rings is 3. The van der Waals surface area contributed by atoms with Gasteiger partial charge in [-0.1, -0.05) is 62.4 Å². The van der Waals surface area contributed by atoms with Gasteiger partial charge in [-0.25, -0.2) is 9.59 Å². The summed E-state index contributed by atoms with van der Waals surface area (Å²) in [4.78, 5) is 122. The molecule has 3 atom stereocenters. The van der Waals surface area contributed by atoms with E-state index in [1.807, 2.05) is 131 Å². The van der Waals surface area contributed by atoms with Gasteiger partial charge in [0.15, 0.2) is 34.5 Å². The number of carbonyl (C=O) groups excluding carboxylic acids is 2.